The molecule has 0 N–H and O–H groups in total. The van der Waals surface area contributed by atoms with E-state index >= 15 is 0 Å². The van der Waals surface area contributed by atoms with Gasteiger partial charge in [0.1, 0.15) is 0 Å². The minimum absolute atomic E-state index is 0. The predicted octanol–water partition coefficient (Wildman–Crippen LogP) is 2.86. The SMILES string of the molecule is [CH2+]C[CH2-].[CH2+]C[CH2-].[CH2+]C[CH2-].[HH].[HH].[Sn].[Sn]. The van der Waals surface area contributed by atoms with Gasteiger partial charge in [-0.2, -0.15) is 0 Å². The van der Waals surface area contributed by atoms with Crippen molar-refractivity contribution in [3.05, 3.63) is 41.5 Å². The van der Waals surface area contributed by atoms with Crippen molar-refractivity contribution in [3.8, 4) is 0 Å². The first-order chi connectivity index (χ1) is 4.24. The molecule has 0 aromatic carbocycles. The smallest absolute Gasteiger partial charge is 0.0302 e. The van der Waals surface area contributed by atoms with Gasteiger partial charge in [-0.05, 0) is 19.3 Å². The van der Waals surface area contributed by atoms with Crippen molar-refractivity contribution in [2.24, 2.45) is 0 Å². The van der Waals surface area contributed by atoms with Crippen LogP contribution in [0, 0.1) is 41.5 Å². The summed E-state index contributed by atoms with van der Waals surface area (Å²) in [5.41, 5.74) is 0. The number of hydrogen-bond donors (Lipinski definition) is 0. The molecule has 0 fully saturated rings. The second-order valence-corrected chi connectivity index (χ2v) is 1.06. The van der Waals surface area contributed by atoms with Crippen LogP contribution in [0.15, 0.2) is 0 Å². The van der Waals surface area contributed by atoms with Crippen LogP contribution in [0.2, 0.25) is 0 Å². The van der Waals surface area contributed by atoms with Gasteiger partial charge in [-0.25, -0.2) is 0 Å². The van der Waals surface area contributed by atoms with Gasteiger partial charge >= 0.3 is 0 Å². The Morgan fingerprint density at radius 1 is 0.727 bits per heavy atom. The van der Waals surface area contributed by atoms with E-state index in [0.717, 1.165) is 19.3 Å². The summed E-state index contributed by atoms with van der Waals surface area (Å²) < 4.78 is 0. The van der Waals surface area contributed by atoms with E-state index < -0.39 is 0 Å². The van der Waals surface area contributed by atoms with Crippen molar-refractivity contribution < 1.29 is 2.85 Å². The molecule has 66 valence electrons. The van der Waals surface area contributed by atoms with Crippen molar-refractivity contribution in [2.45, 2.75) is 19.3 Å². The van der Waals surface area contributed by atoms with Crippen molar-refractivity contribution in [1.29, 1.82) is 0 Å². The largest absolute Gasteiger partial charge is 0.300 e. The van der Waals surface area contributed by atoms with E-state index in [1.807, 2.05) is 0 Å². The van der Waals surface area contributed by atoms with E-state index in [0.29, 0.717) is 0 Å². The van der Waals surface area contributed by atoms with Crippen LogP contribution in [0.4, 0.5) is 0 Å². The Kier molecular flexibility index (Phi) is 177. The molecule has 0 saturated heterocycles. The van der Waals surface area contributed by atoms with E-state index in [2.05, 4.69) is 41.5 Å². The molecule has 0 saturated carbocycles. The van der Waals surface area contributed by atoms with Gasteiger partial charge in [-0.1, -0.05) is 0 Å². The van der Waals surface area contributed by atoms with Gasteiger partial charge in [-0.15, -0.1) is 0 Å². The molecule has 11 heavy (non-hydrogen) atoms. The molecule has 0 aliphatic rings. The summed E-state index contributed by atoms with van der Waals surface area (Å²) >= 11 is 0. The Morgan fingerprint density at radius 2 is 0.727 bits per heavy atom. The molecule has 0 aliphatic heterocycles. The van der Waals surface area contributed by atoms with Gasteiger partial charge in [0.25, 0.3) is 0 Å². The van der Waals surface area contributed by atoms with E-state index in [9.17, 15) is 0 Å². The third kappa shape index (κ3) is 652. The van der Waals surface area contributed by atoms with Crippen LogP contribution in [-0.2, 0) is 0 Å². The summed E-state index contributed by atoms with van der Waals surface area (Å²) in [5.74, 6) is 0. The van der Waals surface area contributed by atoms with Crippen LogP contribution in [0.25, 0.3) is 0 Å². The molecule has 0 aromatic rings. The van der Waals surface area contributed by atoms with Gasteiger partial charge in [0, 0.05) is 71.4 Å². The van der Waals surface area contributed by atoms with Crippen molar-refractivity contribution >= 4 is 47.8 Å². The van der Waals surface area contributed by atoms with E-state index in [1.54, 1.807) is 0 Å². The van der Waals surface area contributed by atoms with Gasteiger partial charge in [0.2, 0.25) is 0 Å². The van der Waals surface area contributed by atoms with Gasteiger partial charge in [0.15, 0.2) is 0 Å². The second kappa shape index (κ2) is 66.0. The zero-order chi connectivity index (χ0) is 8.12. The molecule has 8 radical (unpaired) electrons. The topological polar surface area (TPSA) is 0 Å². The van der Waals surface area contributed by atoms with Crippen molar-refractivity contribution in [2.75, 3.05) is 0 Å². The summed E-state index contributed by atoms with van der Waals surface area (Å²) in [5, 5.41) is 0. The Hall–Kier alpha value is 1.21. The molecule has 0 aromatic heterocycles. The fraction of sp³-hybridized carbons (Fsp3) is 0.333. The van der Waals surface area contributed by atoms with Crippen LogP contribution in [-0.4, -0.2) is 47.8 Å². The average Bonchev–Trinajstić information content (AvgIpc) is 1.70. The van der Waals surface area contributed by atoms with Crippen molar-refractivity contribution in [1.82, 2.24) is 0 Å². The quantitative estimate of drug-likeness (QED) is 0.456. The number of hydrogen-bond acceptors (Lipinski definition) is 0. The first-order valence-corrected chi connectivity index (χ1v) is 3.00. The van der Waals surface area contributed by atoms with Crippen LogP contribution in [0.5, 0.6) is 0 Å². The van der Waals surface area contributed by atoms with E-state index in [1.165, 1.54) is 0 Å². The van der Waals surface area contributed by atoms with E-state index in [-0.39, 0.29) is 50.7 Å². The summed E-state index contributed by atoms with van der Waals surface area (Å²) in [4.78, 5) is 0. The molecular formula is C9H22Sn2. The first-order valence-electron chi connectivity index (χ1n) is 3.00. The molecule has 0 unspecified atom stereocenters. The van der Waals surface area contributed by atoms with Crippen LogP contribution >= 0.6 is 0 Å². The Morgan fingerprint density at radius 3 is 0.727 bits per heavy atom. The molecule has 0 bridgehead atoms. The van der Waals surface area contributed by atoms with Crippen molar-refractivity contribution in [3.63, 3.8) is 0 Å². The third-order valence-corrected chi connectivity index (χ3v) is 0. The maximum atomic E-state index is 3.38. The van der Waals surface area contributed by atoms with Gasteiger partial charge in [-0.3, -0.25) is 20.8 Å². The maximum absolute atomic E-state index is 3.38. The minimum Gasteiger partial charge on any atom is -0.300 e. The summed E-state index contributed by atoms with van der Waals surface area (Å²) in [7, 11) is 0. The maximum Gasteiger partial charge on any atom is 0.0302 e. The van der Waals surface area contributed by atoms with Gasteiger partial charge in [0.05, 0.1) is 0 Å². The summed E-state index contributed by atoms with van der Waals surface area (Å²) in [6.45, 7) is 20.2. The molecule has 0 spiro atoms. The number of rotatable bonds is 0. The molecule has 0 amide bonds. The fourth-order valence-electron chi connectivity index (χ4n) is 0. The molecule has 0 rings (SSSR count). The zero-order valence-electron chi connectivity index (χ0n) is 7.36. The van der Waals surface area contributed by atoms with E-state index in [4.69, 9.17) is 0 Å². The monoisotopic (exact) mass is 370 g/mol. The molecule has 2 heteroatoms. The zero-order valence-corrected chi connectivity index (χ0v) is 13.1. The Bertz CT molecular complexity index is 20.3. The molecular weight excluding hydrogens is 346 g/mol. The first kappa shape index (κ1) is 29.5. The second-order valence-electron chi connectivity index (χ2n) is 1.06. The standard InChI is InChI=1S/3C3H6.2Sn.2H2/c3*1-3-2;;;;/h3*1-3H2;;;2*1H. The summed E-state index contributed by atoms with van der Waals surface area (Å²) in [6.07, 6.45) is 2.25. The molecule has 0 nitrogen and oxygen atoms in total. The average molecular weight is 368 g/mol. The van der Waals surface area contributed by atoms with Crippen LogP contribution in [0.1, 0.15) is 22.1 Å². The molecule has 0 atom stereocenters. The Labute approximate surface area is 111 Å². The molecule has 0 aliphatic carbocycles. The van der Waals surface area contributed by atoms with Crippen LogP contribution < -0.4 is 0 Å². The fourth-order valence-corrected chi connectivity index (χ4v) is 0. The minimum atomic E-state index is 0. The third-order valence-electron chi connectivity index (χ3n) is 0. The van der Waals surface area contributed by atoms with Gasteiger partial charge < -0.3 is 0 Å². The normalized spacial score (nSPS) is 4.64. The molecule has 0 heterocycles. The Balaban J connectivity index is -0.00000000720. The predicted molar refractivity (Wildman–Crippen MR) is 61.7 cm³/mol. The van der Waals surface area contributed by atoms with Crippen LogP contribution in [0.3, 0.4) is 0 Å². The summed E-state index contributed by atoms with van der Waals surface area (Å²) in [6, 6.07) is 0.